The summed E-state index contributed by atoms with van der Waals surface area (Å²) < 4.78 is 37.3. The highest BCUT2D eigenvalue weighted by Gasteiger charge is 2.32. The number of ether oxygens (including phenoxy) is 2. The average Bonchev–Trinajstić information content (AvgIpc) is 2.78. The van der Waals surface area contributed by atoms with Gasteiger partial charge in [0.2, 0.25) is 10.0 Å². The standard InChI is InChI=1S/C19H20ClN3O7S/c1-29-17-5-3-13(20)11-15(17)19(24)21-7-9-22(10-8-21)31(27,28)14-4-6-18(30-2)16(12-14)23(25)26/h3-6,11-12H,7-10H2,1-2H3. The summed E-state index contributed by atoms with van der Waals surface area (Å²) in [4.78, 5) is 24.7. The number of nitro groups is 1. The number of piperazine rings is 1. The number of amides is 1. The van der Waals surface area contributed by atoms with E-state index in [-0.39, 0.29) is 48.3 Å². The fourth-order valence-corrected chi connectivity index (χ4v) is 4.89. The molecule has 0 bridgehead atoms. The van der Waals surface area contributed by atoms with E-state index in [1.807, 2.05) is 0 Å². The van der Waals surface area contributed by atoms with Gasteiger partial charge in [-0.3, -0.25) is 14.9 Å². The van der Waals surface area contributed by atoms with Crippen molar-refractivity contribution >= 4 is 33.2 Å². The topological polar surface area (TPSA) is 119 Å². The first-order valence-corrected chi connectivity index (χ1v) is 11.0. The van der Waals surface area contributed by atoms with Crippen molar-refractivity contribution in [3.05, 3.63) is 57.1 Å². The van der Waals surface area contributed by atoms with E-state index in [4.69, 9.17) is 21.1 Å². The van der Waals surface area contributed by atoms with Crippen molar-refractivity contribution in [2.75, 3.05) is 40.4 Å². The number of carbonyl (C=O) groups is 1. The van der Waals surface area contributed by atoms with E-state index in [0.29, 0.717) is 10.8 Å². The van der Waals surface area contributed by atoms with Gasteiger partial charge >= 0.3 is 5.69 Å². The Kier molecular flexibility index (Phi) is 6.68. The van der Waals surface area contributed by atoms with Gasteiger partial charge in [0.05, 0.1) is 29.6 Å². The lowest BCUT2D eigenvalue weighted by atomic mass is 10.1. The van der Waals surface area contributed by atoms with Crippen LogP contribution in [0.1, 0.15) is 10.4 Å². The van der Waals surface area contributed by atoms with Crippen LogP contribution in [0.2, 0.25) is 5.02 Å². The number of hydrogen-bond acceptors (Lipinski definition) is 7. The third-order valence-electron chi connectivity index (χ3n) is 4.90. The number of nitro benzene ring substituents is 1. The van der Waals surface area contributed by atoms with E-state index in [1.54, 1.807) is 12.1 Å². The van der Waals surface area contributed by atoms with Gasteiger partial charge in [-0.1, -0.05) is 11.6 Å². The minimum absolute atomic E-state index is 0.0326. The molecule has 0 aromatic heterocycles. The molecule has 0 radical (unpaired) electrons. The minimum Gasteiger partial charge on any atom is -0.496 e. The quantitative estimate of drug-likeness (QED) is 0.470. The Labute approximate surface area is 184 Å². The molecule has 1 amide bonds. The molecule has 0 N–H and O–H groups in total. The predicted octanol–water partition coefficient (Wildman–Crippen LogP) is 2.41. The van der Waals surface area contributed by atoms with Crippen LogP contribution in [-0.2, 0) is 10.0 Å². The van der Waals surface area contributed by atoms with Crippen LogP contribution in [-0.4, -0.2) is 68.9 Å². The van der Waals surface area contributed by atoms with Gasteiger partial charge in [0.25, 0.3) is 5.91 Å². The van der Waals surface area contributed by atoms with E-state index in [1.165, 1.54) is 41.6 Å². The fourth-order valence-electron chi connectivity index (χ4n) is 3.27. The Bertz CT molecular complexity index is 1120. The van der Waals surface area contributed by atoms with E-state index in [2.05, 4.69) is 0 Å². The highest BCUT2D eigenvalue weighted by Crippen LogP contribution is 2.31. The SMILES string of the molecule is COc1ccc(Cl)cc1C(=O)N1CCN(S(=O)(=O)c2ccc(OC)c([N+](=O)[O-])c2)CC1. The van der Waals surface area contributed by atoms with Crippen molar-refractivity contribution in [1.82, 2.24) is 9.21 Å². The molecule has 0 saturated carbocycles. The summed E-state index contributed by atoms with van der Waals surface area (Å²) in [6.07, 6.45) is 0. The molecule has 12 heteroatoms. The normalized spacial score (nSPS) is 14.9. The van der Waals surface area contributed by atoms with Crippen LogP contribution in [0.4, 0.5) is 5.69 Å². The van der Waals surface area contributed by atoms with Crippen LogP contribution >= 0.6 is 11.6 Å². The molecular formula is C19H20ClN3O7S. The average molecular weight is 470 g/mol. The summed E-state index contributed by atoms with van der Waals surface area (Å²) in [6, 6.07) is 8.18. The number of methoxy groups -OCH3 is 2. The summed E-state index contributed by atoms with van der Waals surface area (Å²) in [5.41, 5.74) is -0.150. The fraction of sp³-hybridized carbons (Fsp3) is 0.316. The number of nitrogens with zero attached hydrogens (tertiary/aromatic N) is 3. The Hall–Kier alpha value is -2.89. The maximum Gasteiger partial charge on any atom is 0.312 e. The van der Waals surface area contributed by atoms with Gasteiger partial charge < -0.3 is 14.4 Å². The molecule has 2 aromatic carbocycles. The Morgan fingerprint density at radius 3 is 2.23 bits per heavy atom. The summed E-state index contributed by atoms with van der Waals surface area (Å²) in [5, 5.41) is 11.6. The first-order valence-electron chi connectivity index (χ1n) is 9.14. The number of hydrogen-bond donors (Lipinski definition) is 0. The first-order chi connectivity index (χ1) is 14.7. The molecule has 1 saturated heterocycles. The Morgan fingerprint density at radius 2 is 1.65 bits per heavy atom. The van der Waals surface area contributed by atoms with Crippen molar-refractivity contribution in [3.8, 4) is 11.5 Å². The molecule has 1 aliphatic heterocycles. The van der Waals surface area contributed by atoms with Crippen LogP contribution in [0, 0.1) is 10.1 Å². The van der Waals surface area contributed by atoms with Crippen LogP contribution in [0.15, 0.2) is 41.3 Å². The molecule has 1 heterocycles. The van der Waals surface area contributed by atoms with Gasteiger partial charge in [-0.15, -0.1) is 0 Å². The smallest absolute Gasteiger partial charge is 0.312 e. The summed E-state index contributed by atoms with van der Waals surface area (Å²) in [6.45, 7) is 0.367. The number of rotatable bonds is 6. The molecule has 2 aromatic rings. The number of halogens is 1. The molecule has 0 atom stereocenters. The zero-order valence-corrected chi connectivity index (χ0v) is 18.4. The summed E-state index contributed by atoms with van der Waals surface area (Å²) in [7, 11) is -1.28. The first kappa shape index (κ1) is 22.8. The highest BCUT2D eigenvalue weighted by atomic mass is 35.5. The third-order valence-corrected chi connectivity index (χ3v) is 7.03. The number of benzene rings is 2. The van der Waals surface area contributed by atoms with Crippen LogP contribution in [0.25, 0.3) is 0 Å². The minimum atomic E-state index is -3.99. The van der Waals surface area contributed by atoms with Crippen molar-refractivity contribution in [3.63, 3.8) is 0 Å². The molecule has 166 valence electrons. The molecule has 1 fully saturated rings. The second kappa shape index (κ2) is 9.08. The van der Waals surface area contributed by atoms with Crippen molar-refractivity contribution in [2.24, 2.45) is 0 Å². The maximum absolute atomic E-state index is 13.0. The molecule has 0 unspecified atom stereocenters. The molecule has 10 nitrogen and oxygen atoms in total. The second-order valence-electron chi connectivity index (χ2n) is 6.63. The Balaban J connectivity index is 1.77. The maximum atomic E-state index is 13.0. The monoisotopic (exact) mass is 469 g/mol. The highest BCUT2D eigenvalue weighted by molar-refractivity contribution is 7.89. The molecule has 0 aliphatic carbocycles. The van der Waals surface area contributed by atoms with Crippen LogP contribution in [0.5, 0.6) is 11.5 Å². The largest absolute Gasteiger partial charge is 0.496 e. The molecule has 3 rings (SSSR count). The van der Waals surface area contributed by atoms with Crippen molar-refractivity contribution in [2.45, 2.75) is 4.90 Å². The number of carbonyl (C=O) groups excluding carboxylic acids is 1. The predicted molar refractivity (Wildman–Crippen MR) is 112 cm³/mol. The van der Waals surface area contributed by atoms with Crippen LogP contribution < -0.4 is 9.47 Å². The summed E-state index contributed by atoms with van der Waals surface area (Å²) >= 11 is 5.99. The van der Waals surface area contributed by atoms with Gasteiger partial charge in [-0.25, -0.2) is 8.42 Å². The van der Waals surface area contributed by atoms with E-state index in [0.717, 1.165) is 6.07 Å². The molecular weight excluding hydrogens is 450 g/mol. The second-order valence-corrected chi connectivity index (χ2v) is 9.01. The third kappa shape index (κ3) is 4.58. The van der Waals surface area contributed by atoms with Crippen molar-refractivity contribution in [1.29, 1.82) is 0 Å². The summed E-state index contributed by atoms with van der Waals surface area (Å²) in [5.74, 6) is 0.0151. The number of sulfonamides is 1. The van der Waals surface area contributed by atoms with Gasteiger partial charge in [0.1, 0.15) is 5.75 Å². The lowest BCUT2D eigenvalue weighted by Crippen LogP contribution is -2.50. The van der Waals surface area contributed by atoms with E-state index >= 15 is 0 Å². The molecule has 1 aliphatic rings. The molecule has 0 spiro atoms. The van der Waals surface area contributed by atoms with Crippen molar-refractivity contribution < 1.29 is 27.6 Å². The zero-order valence-electron chi connectivity index (χ0n) is 16.8. The van der Waals surface area contributed by atoms with Crippen LogP contribution in [0.3, 0.4) is 0 Å². The van der Waals surface area contributed by atoms with Gasteiger partial charge in [0.15, 0.2) is 5.75 Å². The Morgan fingerprint density at radius 1 is 1.03 bits per heavy atom. The van der Waals surface area contributed by atoms with E-state index < -0.39 is 20.6 Å². The zero-order chi connectivity index (χ0) is 22.8. The lowest BCUT2D eigenvalue weighted by molar-refractivity contribution is -0.386. The van der Waals surface area contributed by atoms with Gasteiger partial charge in [-0.05, 0) is 30.3 Å². The van der Waals surface area contributed by atoms with Gasteiger partial charge in [-0.2, -0.15) is 4.31 Å². The van der Waals surface area contributed by atoms with Gasteiger partial charge in [0, 0.05) is 37.3 Å². The molecule has 31 heavy (non-hydrogen) atoms. The lowest BCUT2D eigenvalue weighted by Gasteiger charge is -2.34. The van der Waals surface area contributed by atoms with E-state index in [9.17, 15) is 23.3 Å².